The molecule has 0 spiro atoms. The summed E-state index contributed by atoms with van der Waals surface area (Å²) in [7, 11) is 0. The molecule has 0 bridgehead atoms. The molecule has 2 N–H and O–H groups in total. The van der Waals surface area contributed by atoms with Gasteiger partial charge in [-0.05, 0) is 106 Å². The molecule has 0 radical (unpaired) electrons. The third kappa shape index (κ3) is 5.82. The van der Waals surface area contributed by atoms with Crippen molar-refractivity contribution in [3.05, 3.63) is 0 Å². The molecule has 1 amide bonds. The Hall–Kier alpha value is -1.35. The van der Waals surface area contributed by atoms with Crippen LogP contribution >= 0.6 is 0 Å². The highest BCUT2D eigenvalue weighted by atomic mass is 19.4. The van der Waals surface area contributed by atoms with Crippen molar-refractivity contribution in [2.24, 2.45) is 45.6 Å². The van der Waals surface area contributed by atoms with Crippen LogP contribution in [0.3, 0.4) is 0 Å². The van der Waals surface area contributed by atoms with Gasteiger partial charge >= 0.3 is 12.3 Å². The number of fused-ring (bicyclic) bond motifs is 5. The van der Waals surface area contributed by atoms with Crippen molar-refractivity contribution in [2.75, 3.05) is 26.2 Å². The molecule has 4 rings (SSSR count). The highest BCUT2D eigenvalue weighted by Gasteiger charge is 2.60. The van der Waals surface area contributed by atoms with Crippen LogP contribution in [0.5, 0.6) is 0 Å². The molecule has 4 aliphatic rings. The molecule has 0 aromatic rings. The summed E-state index contributed by atoms with van der Waals surface area (Å²) in [5, 5.41) is 17.3. The molecule has 0 aliphatic heterocycles. The van der Waals surface area contributed by atoms with Crippen LogP contribution in [-0.2, 0) is 4.84 Å². The van der Waals surface area contributed by atoms with Gasteiger partial charge in [0.15, 0.2) is 0 Å². The highest BCUT2D eigenvalue weighted by Crippen LogP contribution is 2.67. The largest absolute Gasteiger partial charge is 0.436 e. The lowest BCUT2D eigenvalue weighted by atomic mass is 9.44. The number of amides is 1. The summed E-state index contributed by atoms with van der Waals surface area (Å²) in [6.45, 7) is 7.98. The highest BCUT2D eigenvalue weighted by molar-refractivity contribution is 5.85. The maximum atomic E-state index is 13.0. The lowest BCUT2D eigenvalue weighted by Crippen LogP contribution is -2.54. The first-order chi connectivity index (χ1) is 17.4. The Labute approximate surface area is 219 Å². The van der Waals surface area contributed by atoms with Crippen LogP contribution in [-0.4, -0.2) is 60.3 Å². The Bertz CT molecular complexity index is 852. The minimum absolute atomic E-state index is 0.0647. The zero-order chi connectivity index (χ0) is 27.0. The fourth-order valence-electron chi connectivity index (χ4n) is 9.00. The molecule has 0 aromatic carbocycles. The summed E-state index contributed by atoms with van der Waals surface area (Å²) in [4.78, 5) is 18.3. The minimum Gasteiger partial charge on any atom is -0.393 e. The van der Waals surface area contributed by atoms with Gasteiger partial charge < -0.3 is 10.4 Å². The fraction of sp³-hybridized carbons (Fsp3) is 0.929. The van der Waals surface area contributed by atoms with E-state index >= 15 is 0 Å². The number of nitrogens with zero attached hydrogens (tertiary/aromatic N) is 2. The first-order valence-corrected chi connectivity index (χ1v) is 14.3. The molecular formula is C28H46F3N3O3. The molecule has 4 aliphatic carbocycles. The van der Waals surface area contributed by atoms with Gasteiger partial charge in [0.05, 0.1) is 11.8 Å². The van der Waals surface area contributed by atoms with Crippen LogP contribution < -0.4 is 5.32 Å². The van der Waals surface area contributed by atoms with Crippen molar-refractivity contribution in [1.29, 1.82) is 0 Å². The maximum Gasteiger partial charge on any atom is 0.436 e. The predicted octanol–water partition coefficient (Wildman–Crippen LogP) is 5.99. The minimum atomic E-state index is -4.50. The molecular weight excluding hydrogens is 483 g/mol. The molecule has 0 aromatic heterocycles. The smallest absolute Gasteiger partial charge is 0.393 e. The number of alkyl halides is 3. The molecule has 8 atom stereocenters. The van der Waals surface area contributed by atoms with E-state index in [9.17, 15) is 23.1 Å². The van der Waals surface area contributed by atoms with Crippen molar-refractivity contribution < 1.29 is 27.9 Å². The first-order valence-electron chi connectivity index (χ1n) is 14.3. The van der Waals surface area contributed by atoms with Gasteiger partial charge in [0, 0.05) is 19.0 Å². The zero-order valence-electron chi connectivity index (χ0n) is 22.9. The molecule has 0 heterocycles. The van der Waals surface area contributed by atoms with Crippen molar-refractivity contribution in [2.45, 2.75) is 97.8 Å². The third-order valence-electron chi connectivity index (χ3n) is 10.8. The zero-order valence-corrected chi connectivity index (χ0v) is 22.9. The van der Waals surface area contributed by atoms with Gasteiger partial charge in [0.2, 0.25) is 0 Å². The summed E-state index contributed by atoms with van der Waals surface area (Å²) < 4.78 is 39.1. The monoisotopic (exact) mass is 529 g/mol. The number of nitrogens with one attached hydrogen (secondary N) is 1. The Morgan fingerprint density at radius 1 is 1.08 bits per heavy atom. The molecule has 0 saturated heterocycles. The lowest BCUT2D eigenvalue weighted by molar-refractivity contribution is -0.142. The van der Waals surface area contributed by atoms with Crippen molar-refractivity contribution >= 4 is 11.8 Å². The van der Waals surface area contributed by atoms with Gasteiger partial charge in [-0.25, -0.2) is 4.79 Å². The molecule has 212 valence electrons. The summed E-state index contributed by atoms with van der Waals surface area (Å²) in [5.41, 5.74) is 1.10. The number of oxime groups is 1. The van der Waals surface area contributed by atoms with E-state index in [2.05, 4.69) is 24.3 Å². The van der Waals surface area contributed by atoms with Crippen LogP contribution in [0.15, 0.2) is 5.16 Å². The average molecular weight is 530 g/mol. The molecule has 4 saturated carbocycles. The normalized spacial score (nSPS) is 39.9. The van der Waals surface area contributed by atoms with E-state index in [-0.39, 0.29) is 30.5 Å². The Kier molecular flexibility index (Phi) is 8.54. The van der Waals surface area contributed by atoms with E-state index in [4.69, 9.17) is 4.84 Å². The van der Waals surface area contributed by atoms with Crippen LogP contribution in [0.4, 0.5) is 18.0 Å². The van der Waals surface area contributed by atoms with Gasteiger partial charge in [-0.2, -0.15) is 13.2 Å². The average Bonchev–Trinajstić information content (AvgIpc) is 3.19. The Morgan fingerprint density at radius 2 is 1.78 bits per heavy atom. The van der Waals surface area contributed by atoms with Crippen molar-refractivity contribution in [3.63, 3.8) is 0 Å². The number of halogens is 3. The van der Waals surface area contributed by atoms with Crippen LogP contribution in [0, 0.1) is 40.4 Å². The van der Waals surface area contributed by atoms with E-state index in [0.717, 1.165) is 44.2 Å². The van der Waals surface area contributed by atoms with Gasteiger partial charge in [0.25, 0.3) is 0 Å². The summed E-state index contributed by atoms with van der Waals surface area (Å²) in [6, 6.07) is 0. The number of aliphatic hydroxyl groups excluding tert-OH is 1. The summed E-state index contributed by atoms with van der Waals surface area (Å²) in [6.07, 6.45) is 4.06. The first kappa shape index (κ1) is 28.7. The third-order valence-corrected chi connectivity index (χ3v) is 10.8. The van der Waals surface area contributed by atoms with E-state index < -0.39 is 18.8 Å². The van der Waals surface area contributed by atoms with E-state index in [1.54, 1.807) is 0 Å². The number of carbonyl (C=O) groups is 1. The number of carbonyl (C=O) groups excluding carboxylic acids is 1. The number of hydrogen-bond donors (Lipinski definition) is 2. The Morgan fingerprint density at radius 3 is 2.49 bits per heavy atom. The standard InChI is InChI=1S/C28H46F3N3O3/c1-5-32-14-15-34(17-28(29,30)31)25(36)37-33-18(2)22-8-9-23-21-7-6-19-16-20(35)10-12-26(19,3)24(21)11-13-27(22,23)4/h19-24,32,35H,5-17H2,1-4H3/b33-18+/t19-,20-,21-,22+,23-,24-,26-,27+/m0/s1. The second-order valence-electron chi connectivity index (χ2n) is 12.7. The van der Waals surface area contributed by atoms with Gasteiger partial charge in [0.1, 0.15) is 6.54 Å². The number of aliphatic hydroxyl groups is 1. The predicted molar refractivity (Wildman–Crippen MR) is 137 cm³/mol. The number of likely N-dealkylation sites (N-methyl/N-ethyl adjacent to an activating group) is 1. The van der Waals surface area contributed by atoms with Gasteiger partial charge in [-0.3, -0.25) is 9.74 Å². The number of rotatable bonds is 7. The van der Waals surface area contributed by atoms with E-state index in [1.807, 2.05) is 13.8 Å². The lowest BCUT2D eigenvalue weighted by Gasteiger charge is -2.61. The molecule has 37 heavy (non-hydrogen) atoms. The van der Waals surface area contributed by atoms with Gasteiger partial charge in [-0.1, -0.05) is 25.9 Å². The second-order valence-corrected chi connectivity index (χ2v) is 12.7. The van der Waals surface area contributed by atoms with Crippen molar-refractivity contribution in [3.8, 4) is 0 Å². The van der Waals surface area contributed by atoms with E-state index in [0.29, 0.717) is 40.5 Å². The molecule has 4 fully saturated rings. The second kappa shape index (κ2) is 11.0. The Balaban J connectivity index is 1.42. The number of hydrogen-bond acceptors (Lipinski definition) is 5. The topological polar surface area (TPSA) is 74.2 Å². The maximum absolute atomic E-state index is 13.0. The molecule has 9 heteroatoms. The quantitative estimate of drug-likeness (QED) is 0.184. The van der Waals surface area contributed by atoms with Crippen LogP contribution in [0.25, 0.3) is 0 Å². The molecule has 0 unspecified atom stereocenters. The van der Waals surface area contributed by atoms with Crippen LogP contribution in [0.2, 0.25) is 0 Å². The SMILES string of the molecule is CCNCCN(CC(F)(F)F)C(=O)O/N=C(\C)[C@H]1CC[C@H]2[C@@H]3CC[C@H]4C[C@@H](O)CC[C@]4(C)[C@H]3CC[C@]12C. The van der Waals surface area contributed by atoms with E-state index in [1.165, 1.54) is 19.3 Å². The molecule has 6 nitrogen and oxygen atoms in total. The summed E-state index contributed by atoms with van der Waals surface area (Å²) in [5.74, 6) is 2.74. The van der Waals surface area contributed by atoms with Gasteiger partial charge in [-0.15, -0.1) is 0 Å². The van der Waals surface area contributed by atoms with Crippen LogP contribution in [0.1, 0.15) is 85.5 Å². The summed E-state index contributed by atoms with van der Waals surface area (Å²) >= 11 is 0. The van der Waals surface area contributed by atoms with Crippen molar-refractivity contribution in [1.82, 2.24) is 10.2 Å². The fourth-order valence-corrected chi connectivity index (χ4v) is 9.00.